The van der Waals surface area contributed by atoms with E-state index in [9.17, 15) is 24.0 Å². The molecule has 0 aliphatic heterocycles. The van der Waals surface area contributed by atoms with Crippen LogP contribution in [0, 0.1) is 5.92 Å². The van der Waals surface area contributed by atoms with E-state index in [0.717, 1.165) is 4.90 Å². The lowest BCUT2D eigenvalue weighted by Gasteiger charge is -2.27. The molecular formula is C19H33N3O9. The molecule has 0 heterocycles. The largest absolute Gasteiger partial charge is 0.480 e. The molecule has 0 fully saturated rings. The summed E-state index contributed by atoms with van der Waals surface area (Å²) in [6.45, 7) is 4.20. The Hall–Kier alpha value is -2.57. The maximum atomic E-state index is 12.5. The first-order valence-electron chi connectivity index (χ1n) is 9.75. The number of aliphatic carboxylic acids is 1. The minimum Gasteiger partial charge on any atom is -0.480 e. The normalized spacial score (nSPS) is 13.7. The van der Waals surface area contributed by atoms with Crippen molar-refractivity contribution in [1.82, 2.24) is 10.2 Å². The van der Waals surface area contributed by atoms with Crippen molar-refractivity contribution < 1.29 is 43.3 Å². The van der Waals surface area contributed by atoms with Crippen molar-refractivity contribution in [2.45, 2.75) is 38.8 Å². The van der Waals surface area contributed by atoms with Gasteiger partial charge in [-0.1, -0.05) is 6.92 Å². The van der Waals surface area contributed by atoms with Crippen LogP contribution in [0.5, 0.6) is 0 Å². The van der Waals surface area contributed by atoms with Crippen LogP contribution in [0.3, 0.4) is 0 Å². The van der Waals surface area contributed by atoms with Gasteiger partial charge in [-0.05, 0) is 6.92 Å². The second-order valence-corrected chi connectivity index (χ2v) is 7.00. The molecule has 0 aromatic rings. The maximum Gasteiger partial charge on any atom is 0.326 e. The number of nitrogens with one attached hydrogen (secondary N) is 1. The first-order valence-corrected chi connectivity index (χ1v) is 9.75. The lowest BCUT2D eigenvalue weighted by Crippen LogP contribution is -2.52. The number of carbonyl (C=O) groups is 5. The number of amides is 3. The average molecular weight is 447 g/mol. The van der Waals surface area contributed by atoms with Crippen molar-refractivity contribution >= 4 is 29.5 Å². The Kier molecular flexibility index (Phi) is 14.0. The van der Waals surface area contributed by atoms with Crippen molar-refractivity contribution in [3.8, 4) is 0 Å². The van der Waals surface area contributed by atoms with Gasteiger partial charge in [0.2, 0.25) is 17.7 Å². The van der Waals surface area contributed by atoms with Gasteiger partial charge in [0.15, 0.2) is 5.78 Å². The number of ketones is 1. The molecule has 0 aromatic carbocycles. The summed E-state index contributed by atoms with van der Waals surface area (Å²) in [6.07, 6.45) is -0.657. The van der Waals surface area contributed by atoms with Gasteiger partial charge in [0.25, 0.3) is 0 Å². The number of nitrogens with zero attached hydrogens (tertiary/aromatic N) is 1. The number of Topliss-reactive ketones (excluding diaryl/α,β-unsaturated/α-hetero) is 1. The number of hydrogen-bond acceptors (Lipinski definition) is 8. The zero-order valence-corrected chi connectivity index (χ0v) is 18.4. The Morgan fingerprint density at radius 1 is 1.00 bits per heavy atom. The fraction of sp³-hybridized carbons (Fsp3) is 0.737. The highest BCUT2D eigenvalue weighted by Crippen LogP contribution is 2.10. The second kappa shape index (κ2) is 15.3. The smallest absolute Gasteiger partial charge is 0.326 e. The standard InChI is InChI=1S/C19H33N3O9/c1-12(9-14(23)11-31-8-7-30-6-5-29-4)18(26)22(3)13(2)17(25)21-15(19(27)28)10-16(20)24/h12-13,15H,5-11H2,1-4H3,(H2,20,24)(H,21,25)(H,27,28)/t12-,13+,15+/m1/s1. The molecule has 0 spiro atoms. The highest BCUT2D eigenvalue weighted by atomic mass is 16.5. The summed E-state index contributed by atoms with van der Waals surface area (Å²) in [5, 5.41) is 11.2. The quantitative estimate of drug-likeness (QED) is 0.225. The number of methoxy groups -OCH3 is 1. The van der Waals surface area contributed by atoms with Gasteiger partial charge >= 0.3 is 5.97 Å². The van der Waals surface area contributed by atoms with Gasteiger partial charge < -0.3 is 35.3 Å². The van der Waals surface area contributed by atoms with Gasteiger partial charge in [-0.3, -0.25) is 19.2 Å². The summed E-state index contributed by atoms with van der Waals surface area (Å²) in [4.78, 5) is 60.0. The fourth-order valence-corrected chi connectivity index (χ4v) is 2.44. The van der Waals surface area contributed by atoms with E-state index in [-0.39, 0.29) is 25.4 Å². The molecule has 12 nitrogen and oxygen atoms in total. The minimum atomic E-state index is -1.49. The topological polar surface area (TPSA) is 175 Å². The molecule has 178 valence electrons. The number of carboxylic acid groups (broad SMARTS) is 1. The Morgan fingerprint density at radius 3 is 2.13 bits per heavy atom. The number of primary amides is 1. The summed E-state index contributed by atoms with van der Waals surface area (Å²) < 4.78 is 15.2. The first-order chi connectivity index (χ1) is 14.5. The predicted molar refractivity (Wildman–Crippen MR) is 108 cm³/mol. The van der Waals surface area contributed by atoms with Crippen molar-refractivity contribution in [2.24, 2.45) is 11.7 Å². The SMILES string of the molecule is COCCOCCOCC(=O)C[C@@H](C)C(=O)N(C)[C@@H](C)C(=O)N[C@@H](CC(N)=O)C(=O)O. The average Bonchev–Trinajstić information content (AvgIpc) is 2.70. The van der Waals surface area contributed by atoms with Gasteiger partial charge in [-0.15, -0.1) is 0 Å². The fourth-order valence-electron chi connectivity index (χ4n) is 2.44. The first kappa shape index (κ1) is 28.4. The predicted octanol–water partition coefficient (Wildman–Crippen LogP) is -1.45. The highest BCUT2D eigenvalue weighted by molar-refractivity contribution is 5.93. The Balaban J connectivity index is 4.49. The summed E-state index contributed by atoms with van der Waals surface area (Å²) >= 11 is 0. The monoisotopic (exact) mass is 447 g/mol. The van der Waals surface area contributed by atoms with E-state index in [1.807, 2.05) is 0 Å². The van der Waals surface area contributed by atoms with Gasteiger partial charge in [-0.2, -0.15) is 0 Å². The number of ether oxygens (including phenoxy) is 3. The van der Waals surface area contributed by atoms with Crippen LogP contribution in [0.25, 0.3) is 0 Å². The minimum absolute atomic E-state index is 0.0819. The molecule has 31 heavy (non-hydrogen) atoms. The van der Waals surface area contributed by atoms with Gasteiger partial charge in [0.1, 0.15) is 18.7 Å². The van der Waals surface area contributed by atoms with Crippen molar-refractivity contribution in [3.63, 3.8) is 0 Å². The molecule has 0 bridgehead atoms. The highest BCUT2D eigenvalue weighted by Gasteiger charge is 2.30. The zero-order chi connectivity index (χ0) is 24.0. The van der Waals surface area contributed by atoms with Crippen molar-refractivity contribution in [1.29, 1.82) is 0 Å². The molecule has 0 saturated carbocycles. The maximum absolute atomic E-state index is 12.5. The molecule has 0 saturated heterocycles. The Morgan fingerprint density at radius 2 is 1.58 bits per heavy atom. The Labute approximate surface area is 181 Å². The second-order valence-electron chi connectivity index (χ2n) is 7.00. The van der Waals surface area contributed by atoms with Crippen LogP contribution in [-0.4, -0.2) is 98.8 Å². The van der Waals surface area contributed by atoms with Crippen LogP contribution >= 0.6 is 0 Å². The van der Waals surface area contributed by atoms with Gasteiger partial charge in [-0.25, -0.2) is 4.79 Å². The summed E-state index contributed by atoms with van der Waals surface area (Å²) in [6, 6.07) is -2.52. The molecular weight excluding hydrogens is 414 g/mol. The van der Waals surface area contributed by atoms with Crippen LogP contribution in [0.1, 0.15) is 26.7 Å². The van der Waals surface area contributed by atoms with Crippen molar-refractivity contribution in [3.05, 3.63) is 0 Å². The third-order valence-electron chi connectivity index (χ3n) is 4.35. The van der Waals surface area contributed by atoms with E-state index in [0.29, 0.717) is 19.8 Å². The number of carbonyl (C=O) groups excluding carboxylic acids is 4. The third kappa shape index (κ3) is 12.0. The molecule has 3 atom stereocenters. The van der Waals surface area contributed by atoms with Gasteiger partial charge in [0.05, 0.1) is 32.8 Å². The van der Waals surface area contributed by atoms with Crippen LogP contribution in [-0.2, 0) is 38.2 Å². The number of carboxylic acids is 1. The molecule has 12 heteroatoms. The van der Waals surface area contributed by atoms with Gasteiger partial charge in [0, 0.05) is 26.5 Å². The molecule has 0 radical (unpaired) electrons. The summed E-state index contributed by atoms with van der Waals surface area (Å²) in [7, 11) is 2.92. The molecule has 0 aliphatic rings. The molecule has 0 aliphatic carbocycles. The number of rotatable bonds is 17. The van der Waals surface area contributed by atoms with E-state index in [4.69, 9.17) is 25.1 Å². The molecule has 3 amide bonds. The summed E-state index contributed by atoms with van der Waals surface area (Å²) in [5.74, 6) is -4.54. The van der Waals surface area contributed by atoms with E-state index in [2.05, 4.69) is 5.32 Å². The number of nitrogens with two attached hydrogens (primary N) is 1. The van der Waals surface area contributed by atoms with E-state index in [1.165, 1.54) is 14.0 Å². The molecule has 0 rings (SSSR count). The van der Waals surface area contributed by atoms with E-state index in [1.54, 1.807) is 14.0 Å². The molecule has 0 aromatic heterocycles. The Bertz CT molecular complexity index is 627. The van der Waals surface area contributed by atoms with Crippen LogP contribution in [0.15, 0.2) is 0 Å². The zero-order valence-electron chi connectivity index (χ0n) is 18.4. The molecule has 4 N–H and O–H groups in total. The molecule has 0 unspecified atom stereocenters. The van der Waals surface area contributed by atoms with Crippen LogP contribution in [0.4, 0.5) is 0 Å². The number of likely N-dealkylation sites (N-methyl/N-ethyl adjacent to an activating group) is 1. The van der Waals surface area contributed by atoms with Crippen LogP contribution < -0.4 is 11.1 Å². The van der Waals surface area contributed by atoms with E-state index < -0.39 is 48.1 Å². The van der Waals surface area contributed by atoms with E-state index >= 15 is 0 Å². The van der Waals surface area contributed by atoms with Crippen molar-refractivity contribution in [2.75, 3.05) is 47.2 Å². The third-order valence-corrected chi connectivity index (χ3v) is 4.35. The van der Waals surface area contributed by atoms with Crippen LogP contribution in [0.2, 0.25) is 0 Å². The lowest BCUT2D eigenvalue weighted by molar-refractivity contribution is -0.146. The summed E-state index contributed by atoms with van der Waals surface area (Å²) in [5.41, 5.74) is 4.98. The lowest BCUT2D eigenvalue weighted by atomic mass is 10.0. The number of hydrogen-bond donors (Lipinski definition) is 3.